The first-order valence-corrected chi connectivity index (χ1v) is 11.5. The molecule has 32 heavy (non-hydrogen) atoms. The minimum Gasteiger partial charge on any atom is -0.496 e. The highest BCUT2D eigenvalue weighted by molar-refractivity contribution is 5.95. The van der Waals surface area contributed by atoms with E-state index in [9.17, 15) is 4.79 Å². The van der Waals surface area contributed by atoms with Crippen LogP contribution in [0.1, 0.15) is 45.9 Å². The van der Waals surface area contributed by atoms with Gasteiger partial charge in [-0.2, -0.15) is 0 Å². The van der Waals surface area contributed by atoms with E-state index in [2.05, 4.69) is 57.3 Å². The molecule has 2 fully saturated rings. The van der Waals surface area contributed by atoms with Crippen LogP contribution in [0.2, 0.25) is 0 Å². The summed E-state index contributed by atoms with van der Waals surface area (Å²) in [5.74, 6) is 1.01. The Hall–Kier alpha value is -2.45. The predicted octanol–water partition coefficient (Wildman–Crippen LogP) is 2.12. The summed E-state index contributed by atoms with van der Waals surface area (Å²) in [6.45, 7) is 9.10. The van der Waals surface area contributed by atoms with Gasteiger partial charge in [0.05, 0.1) is 13.2 Å². The maximum absolute atomic E-state index is 13.0. The first-order valence-electron chi connectivity index (χ1n) is 11.5. The standard InChI is InChI=1S/C25H35N5O2/c1-18(20-6-4-5-19(13-20)17-30-11-9-29(2)10-12-30)28-25(31)21-7-8-23(24(14-21)32-3)22-15-26-27-16-22/h4-8,13-14,18,22,26-27H,9-12,15-17H2,1-3H3,(H,28,31). The van der Waals surface area contributed by atoms with Crippen LogP contribution < -0.4 is 20.9 Å². The van der Waals surface area contributed by atoms with E-state index in [1.54, 1.807) is 7.11 Å². The van der Waals surface area contributed by atoms with Crippen LogP contribution in [0.25, 0.3) is 0 Å². The number of benzene rings is 2. The van der Waals surface area contributed by atoms with E-state index in [0.29, 0.717) is 11.5 Å². The number of nitrogens with one attached hydrogen (secondary N) is 3. The molecule has 2 aliphatic rings. The Morgan fingerprint density at radius 2 is 1.88 bits per heavy atom. The second-order valence-corrected chi connectivity index (χ2v) is 8.94. The number of hydrogen-bond donors (Lipinski definition) is 3. The molecule has 0 saturated carbocycles. The molecule has 172 valence electrons. The molecule has 0 aliphatic carbocycles. The zero-order chi connectivity index (χ0) is 22.5. The van der Waals surface area contributed by atoms with Gasteiger partial charge in [0.25, 0.3) is 5.91 Å². The van der Waals surface area contributed by atoms with Crippen LogP contribution in [0.3, 0.4) is 0 Å². The van der Waals surface area contributed by atoms with Crippen LogP contribution in [0.15, 0.2) is 42.5 Å². The van der Waals surface area contributed by atoms with E-state index < -0.39 is 0 Å². The summed E-state index contributed by atoms with van der Waals surface area (Å²) in [6, 6.07) is 14.2. The molecule has 0 aromatic heterocycles. The van der Waals surface area contributed by atoms with E-state index in [-0.39, 0.29) is 11.9 Å². The van der Waals surface area contributed by atoms with Gasteiger partial charge in [0.1, 0.15) is 5.75 Å². The van der Waals surface area contributed by atoms with E-state index in [1.807, 2.05) is 25.1 Å². The van der Waals surface area contributed by atoms with Gasteiger partial charge in [0, 0.05) is 57.3 Å². The number of piperazine rings is 1. The number of hydrazine groups is 1. The topological polar surface area (TPSA) is 68.9 Å². The lowest BCUT2D eigenvalue weighted by Gasteiger charge is -2.32. The summed E-state index contributed by atoms with van der Waals surface area (Å²) in [4.78, 5) is 17.8. The molecular formula is C25H35N5O2. The number of hydrogen-bond acceptors (Lipinski definition) is 6. The van der Waals surface area contributed by atoms with E-state index >= 15 is 0 Å². The van der Waals surface area contributed by atoms with Gasteiger partial charge in [0.15, 0.2) is 0 Å². The molecule has 1 amide bonds. The van der Waals surface area contributed by atoms with Gasteiger partial charge < -0.3 is 15.0 Å². The van der Waals surface area contributed by atoms with Crippen molar-refractivity contribution in [3.63, 3.8) is 0 Å². The minimum atomic E-state index is -0.0884. The fraction of sp³-hybridized carbons (Fsp3) is 0.480. The van der Waals surface area contributed by atoms with Gasteiger partial charge in [-0.3, -0.25) is 20.5 Å². The number of carbonyl (C=O) groups excluding carboxylic acids is 1. The van der Waals surface area contributed by atoms with Crippen molar-refractivity contribution in [3.8, 4) is 5.75 Å². The molecule has 7 nitrogen and oxygen atoms in total. The number of nitrogens with zero attached hydrogens (tertiary/aromatic N) is 2. The molecule has 0 radical (unpaired) electrons. The van der Waals surface area contributed by atoms with Crippen molar-refractivity contribution in [3.05, 3.63) is 64.7 Å². The summed E-state index contributed by atoms with van der Waals surface area (Å²) in [6.07, 6.45) is 0. The van der Waals surface area contributed by atoms with Crippen molar-refractivity contribution in [2.24, 2.45) is 0 Å². The average Bonchev–Trinajstić information content (AvgIpc) is 3.35. The van der Waals surface area contributed by atoms with Crippen LogP contribution in [-0.4, -0.2) is 69.1 Å². The summed E-state index contributed by atoms with van der Waals surface area (Å²) in [7, 11) is 3.83. The molecule has 0 bridgehead atoms. The molecular weight excluding hydrogens is 402 g/mol. The van der Waals surface area contributed by atoms with Crippen LogP contribution in [-0.2, 0) is 6.54 Å². The van der Waals surface area contributed by atoms with Crippen LogP contribution >= 0.6 is 0 Å². The summed E-state index contributed by atoms with van der Waals surface area (Å²) >= 11 is 0. The van der Waals surface area contributed by atoms with E-state index in [1.165, 1.54) is 5.56 Å². The molecule has 4 rings (SSSR count). The lowest BCUT2D eigenvalue weighted by Crippen LogP contribution is -2.43. The molecule has 2 saturated heterocycles. The second kappa shape index (κ2) is 10.4. The molecule has 0 spiro atoms. The first kappa shape index (κ1) is 22.7. The maximum Gasteiger partial charge on any atom is 0.251 e. The largest absolute Gasteiger partial charge is 0.496 e. The minimum absolute atomic E-state index is 0.0798. The Morgan fingerprint density at radius 3 is 2.59 bits per heavy atom. The maximum atomic E-state index is 13.0. The Labute approximate surface area is 191 Å². The summed E-state index contributed by atoms with van der Waals surface area (Å²) in [5, 5.41) is 3.15. The van der Waals surface area contributed by atoms with E-state index in [0.717, 1.165) is 62.7 Å². The summed E-state index contributed by atoms with van der Waals surface area (Å²) in [5.41, 5.74) is 10.4. The predicted molar refractivity (Wildman–Crippen MR) is 127 cm³/mol. The second-order valence-electron chi connectivity index (χ2n) is 8.94. The van der Waals surface area contributed by atoms with Crippen LogP contribution in [0, 0.1) is 0 Å². The highest BCUT2D eigenvalue weighted by atomic mass is 16.5. The third-order valence-corrected chi connectivity index (χ3v) is 6.56. The zero-order valence-corrected chi connectivity index (χ0v) is 19.4. The van der Waals surface area contributed by atoms with Crippen molar-refractivity contribution in [1.82, 2.24) is 26.0 Å². The number of amides is 1. The van der Waals surface area contributed by atoms with Crippen molar-refractivity contribution in [1.29, 1.82) is 0 Å². The van der Waals surface area contributed by atoms with Gasteiger partial charge in [0.2, 0.25) is 0 Å². The molecule has 2 heterocycles. The molecule has 7 heteroatoms. The molecule has 1 unspecified atom stereocenters. The van der Waals surface area contributed by atoms with Crippen LogP contribution in [0.4, 0.5) is 0 Å². The first-order chi connectivity index (χ1) is 15.5. The number of likely N-dealkylation sites (N-methyl/N-ethyl adjacent to an activating group) is 1. The van der Waals surface area contributed by atoms with Gasteiger partial charge in [-0.25, -0.2) is 0 Å². The molecule has 1 atom stereocenters. The zero-order valence-electron chi connectivity index (χ0n) is 19.4. The Morgan fingerprint density at radius 1 is 1.12 bits per heavy atom. The summed E-state index contributed by atoms with van der Waals surface area (Å²) < 4.78 is 5.59. The number of ether oxygens (including phenoxy) is 1. The fourth-order valence-corrected chi connectivity index (χ4v) is 4.46. The third kappa shape index (κ3) is 5.48. The highest BCUT2D eigenvalue weighted by Gasteiger charge is 2.22. The lowest BCUT2D eigenvalue weighted by atomic mass is 9.97. The normalized spacial score (nSPS) is 19.1. The van der Waals surface area contributed by atoms with Gasteiger partial charge in [-0.15, -0.1) is 0 Å². The Kier molecular flexibility index (Phi) is 7.42. The molecule has 3 N–H and O–H groups in total. The monoisotopic (exact) mass is 437 g/mol. The number of methoxy groups -OCH3 is 1. The SMILES string of the molecule is COc1cc(C(=O)NC(C)c2cccc(CN3CCN(C)CC3)c2)ccc1C1CNNC1. The van der Waals surface area contributed by atoms with Crippen molar-refractivity contribution in [2.45, 2.75) is 25.4 Å². The highest BCUT2D eigenvalue weighted by Crippen LogP contribution is 2.29. The van der Waals surface area contributed by atoms with Crippen molar-refractivity contribution < 1.29 is 9.53 Å². The number of rotatable bonds is 7. The smallest absolute Gasteiger partial charge is 0.251 e. The van der Waals surface area contributed by atoms with Gasteiger partial charge in [-0.05, 0) is 42.8 Å². The number of carbonyl (C=O) groups is 1. The Bertz CT molecular complexity index is 920. The third-order valence-electron chi connectivity index (χ3n) is 6.56. The lowest BCUT2D eigenvalue weighted by molar-refractivity contribution is 0.0939. The molecule has 2 aromatic rings. The molecule has 2 aromatic carbocycles. The van der Waals surface area contributed by atoms with E-state index in [4.69, 9.17) is 4.74 Å². The van der Waals surface area contributed by atoms with Crippen molar-refractivity contribution >= 4 is 5.91 Å². The van der Waals surface area contributed by atoms with Crippen LogP contribution in [0.5, 0.6) is 5.75 Å². The molecule has 2 aliphatic heterocycles. The fourth-order valence-electron chi connectivity index (χ4n) is 4.46. The quantitative estimate of drug-likeness (QED) is 0.617. The average molecular weight is 438 g/mol. The van der Waals surface area contributed by atoms with Gasteiger partial charge >= 0.3 is 0 Å². The van der Waals surface area contributed by atoms with Crippen molar-refractivity contribution in [2.75, 3.05) is 53.4 Å². The van der Waals surface area contributed by atoms with Gasteiger partial charge in [-0.1, -0.05) is 30.3 Å². The Balaban J connectivity index is 1.40.